The molecule has 0 bridgehead atoms. The predicted octanol–water partition coefficient (Wildman–Crippen LogP) is 5.09. The molecule has 0 aliphatic heterocycles. The molecule has 3 aromatic carbocycles. The van der Waals surface area contributed by atoms with Gasteiger partial charge < -0.3 is 20.1 Å². The largest absolute Gasteiger partial charge is 0.493 e. The lowest BCUT2D eigenvalue weighted by molar-refractivity contribution is 0.354. The van der Waals surface area contributed by atoms with Crippen molar-refractivity contribution in [2.45, 2.75) is 11.8 Å². The van der Waals surface area contributed by atoms with Crippen molar-refractivity contribution in [2.24, 2.45) is 0 Å². The smallest absolute Gasteiger partial charge is 0.262 e. The quantitative estimate of drug-likeness (QED) is 0.297. The number of methoxy groups -OCH3 is 2. The molecule has 0 unspecified atom stereocenters. The molecule has 0 atom stereocenters. The van der Waals surface area contributed by atoms with Gasteiger partial charge >= 0.3 is 0 Å². The lowest BCUT2D eigenvalue weighted by atomic mass is 10.3. The number of benzene rings is 3. The van der Waals surface area contributed by atoms with Crippen molar-refractivity contribution < 1.29 is 17.9 Å². The number of para-hydroxylation sites is 1. The third-order valence-corrected chi connectivity index (χ3v) is 6.34. The highest BCUT2D eigenvalue weighted by atomic mass is 32.2. The van der Waals surface area contributed by atoms with E-state index in [1.54, 1.807) is 30.3 Å². The number of rotatable bonds is 9. The van der Waals surface area contributed by atoms with Gasteiger partial charge in [-0.1, -0.05) is 18.2 Å². The lowest BCUT2D eigenvalue weighted by Crippen LogP contribution is -2.13. The molecular formula is C25H25N5O4S. The molecule has 180 valence electrons. The van der Waals surface area contributed by atoms with Gasteiger partial charge in [-0.05, 0) is 55.5 Å². The number of nitrogens with zero attached hydrogens (tertiary/aromatic N) is 2. The first-order valence-corrected chi connectivity index (χ1v) is 12.1. The number of ether oxygens (including phenoxy) is 2. The highest BCUT2D eigenvalue weighted by Crippen LogP contribution is 2.30. The van der Waals surface area contributed by atoms with Crippen molar-refractivity contribution in [3.8, 4) is 11.5 Å². The van der Waals surface area contributed by atoms with Crippen LogP contribution in [0.25, 0.3) is 0 Å². The molecule has 0 saturated heterocycles. The Balaban J connectivity index is 1.47. The van der Waals surface area contributed by atoms with E-state index in [4.69, 9.17) is 9.47 Å². The number of anilines is 5. The zero-order valence-corrected chi connectivity index (χ0v) is 20.3. The van der Waals surface area contributed by atoms with E-state index in [0.717, 1.165) is 11.4 Å². The summed E-state index contributed by atoms with van der Waals surface area (Å²) in [4.78, 5) is 9.00. The van der Waals surface area contributed by atoms with Gasteiger partial charge in [0.15, 0.2) is 11.5 Å². The van der Waals surface area contributed by atoms with Crippen molar-refractivity contribution in [3.63, 3.8) is 0 Å². The fraction of sp³-hybridized carbons (Fsp3) is 0.120. The van der Waals surface area contributed by atoms with E-state index in [1.165, 1.54) is 26.4 Å². The molecule has 0 saturated carbocycles. The first-order valence-electron chi connectivity index (χ1n) is 10.7. The second kappa shape index (κ2) is 10.3. The van der Waals surface area contributed by atoms with Gasteiger partial charge in [-0.25, -0.2) is 13.4 Å². The molecule has 9 nitrogen and oxygen atoms in total. The molecular weight excluding hydrogens is 466 g/mol. The number of sulfonamides is 1. The zero-order valence-electron chi connectivity index (χ0n) is 19.4. The summed E-state index contributed by atoms with van der Waals surface area (Å²) >= 11 is 0. The highest BCUT2D eigenvalue weighted by Gasteiger charge is 2.17. The van der Waals surface area contributed by atoms with Crippen LogP contribution in [-0.4, -0.2) is 32.6 Å². The van der Waals surface area contributed by atoms with Gasteiger partial charge in [-0.3, -0.25) is 4.72 Å². The van der Waals surface area contributed by atoms with Crippen LogP contribution < -0.4 is 24.8 Å². The highest BCUT2D eigenvalue weighted by molar-refractivity contribution is 7.92. The van der Waals surface area contributed by atoms with Gasteiger partial charge in [0.25, 0.3) is 10.0 Å². The van der Waals surface area contributed by atoms with Crippen LogP contribution in [-0.2, 0) is 10.0 Å². The number of hydrogen-bond donors (Lipinski definition) is 3. The first kappa shape index (κ1) is 23.8. The van der Waals surface area contributed by atoms with Crippen LogP contribution in [0.4, 0.5) is 28.8 Å². The molecule has 4 aromatic rings. The molecule has 35 heavy (non-hydrogen) atoms. The fourth-order valence-corrected chi connectivity index (χ4v) is 4.38. The van der Waals surface area contributed by atoms with E-state index >= 15 is 0 Å². The summed E-state index contributed by atoms with van der Waals surface area (Å²) < 4.78 is 38.6. The Kier molecular flexibility index (Phi) is 7.02. The molecule has 1 aromatic heterocycles. The van der Waals surface area contributed by atoms with Gasteiger partial charge in [0.05, 0.1) is 19.1 Å². The number of nitrogens with one attached hydrogen (secondary N) is 3. The molecule has 1 heterocycles. The Morgan fingerprint density at radius 3 is 2.06 bits per heavy atom. The average Bonchev–Trinajstić information content (AvgIpc) is 2.85. The van der Waals surface area contributed by atoms with E-state index in [1.807, 2.05) is 43.3 Å². The maximum atomic E-state index is 12.8. The Bertz CT molecular complexity index is 1410. The van der Waals surface area contributed by atoms with Gasteiger partial charge in [-0.2, -0.15) is 4.98 Å². The Hall–Kier alpha value is -4.31. The SMILES string of the molecule is COc1ccc(S(=O)(=O)Nc2ccc(Nc3nc(C)cc(Nc4ccccc4)n3)cc2)cc1OC. The Labute approximate surface area is 204 Å². The summed E-state index contributed by atoms with van der Waals surface area (Å²) in [6.45, 7) is 1.88. The zero-order chi connectivity index (χ0) is 24.8. The second-order valence-corrected chi connectivity index (χ2v) is 9.22. The minimum Gasteiger partial charge on any atom is -0.493 e. The summed E-state index contributed by atoms with van der Waals surface area (Å²) in [6, 6.07) is 22.8. The van der Waals surface area contributed by atoms with Crippen molar-refractivity contribution in [2.75, 3.05) is 29.6 Å². The first-order chi connectivity index (χ1) is 16.9. The van der Waals surface area contributed by atoms with Crippen molar-refractivity contribution in [1.82, 2.24) is 9.97 Å². The molecule has 4 rings (SSSR count). The van der Waals surface area contributed by atoms with E-state index in [-0.39, 0.29) is 4.90 Å². The van der Waals surface area contributed by atoms with Crippen LogP contribution in [0.1, 0.15) is 5.69 Å². The fourth-order valence-electron chi connectivity index (χ4n) is 3.31. The normalized spacial score (nSPS) is 10.9. The van der Waals surface area contributed by atoms with Crippen LogP contribution in [0, 0.1) is 6.92 Å². The van der Waals surface area contributed by atoms with Crippen LogP contribution in [0.15, 0.2) is 83.8 Å². The minimum absolute atomic E-state index is 0.0592. The molecule has 10 heteroatoms. The van der Waals surface area contributed by atoms with E-state index < -0.39 is 10.0 Å². The summed E-state index contributed by atoms with van der Waals surface area (Å²) in [5.41, 5.74) is 2.82. The van der Waals surface area contributed by atoms with Gasteiger partial charge in [0.2, 0.25) is 5.95 Å². The molecule has 0 radical (unpaired) electrons. The van der Waals surface area contributed by atoms with Crippen molar-refractivity contribution in [1.29, 1.82) is 0 Å². The summed E-state index contributed by atoms with van der Waals surface area (Å²) in [7, 11) is -0.884. The van der Waals surface area contributed by atoms with Crippen LogP contribution >= 0.6 is 0 Å². The van der Waals surface area contributed by atoms with Crippen molar-refractivity contribution in [3.05, 3.63) is 84.6 Å². The van der Waals surface area contributed by atoms with E-state index in [2.05, 4.69) is 25.3 Å². The van der Waals surface area contributed by atoms with E-state index in [0.29, 0.717) is 34.6 Å². The average molecular weight is 492 g/mol. The Morgan fingerprint density at radius 2 is 1.37 bits per heavy atom. The number of hydrogen-bond acceptors (Lipinski definition) is 8. The molecule has 0 fully saturated rings. The van der Waals surface area contributed by atoms with Crippen LogP contribution in [0.3, 0.4) is 0 Å². The second-order valence-electron chi connectivity index (χ2n) is 7.53. The molecule has 3 N–H and O–H groups in total. The maximum absolute atomic E-state index is 12.8. The molecule has 0 aliphatic rings. The Morgan fingerprint density at radius 1 is 0.714 bits per heavy atom. The monoisotopic (exact) mass is 491 g/mol. The van der Waals surface area contributed by atoms with Crippen LogP contribution in [0.2, 0.25) is 0 Å². The summed E-state index contributed by atoms with van der Waals surface area (Å²) in [6.07, 6.45) is 0. The third kappa shape index (κ3) is 5.98. The summed E-state index contributed by atoms with van der Waals surface area (Å²) in [5.74, 6) is 1.85. The summed E-state index contributed by atoms with van der Waals surface area (Å²) in [5, 5.41) is 6.40. The standard InChI is InChI=1S/C25H25N5O4S/c1-17-15-24(27-18-7-5-4-6-8-18)29-25(26-17)28-19-9-11-20(12-10-19)30-35(31,32)21-13-14-22(33-2)23(16-21)34-3/h4-16,30H,1-3H3,(H2,26,27,28,29). The maximum Gasteiger partial charge on any atom is 0.262 e. The van der Waals surface area contributed by atoms with Gasteiger partial charge in [-0.15, -0.1) is 0 Å². The van der Waals surface area contributed by atoms with Gasteiger partial charge in [0.1, 0.15) is 5.82 Å². The van der Waals surface area contributed by atoms with Gasteiger partial charge in [0, 0.05) is 34.9 Å². The third-order valence-electron chi connectivity index (χ3n) is 4.96. The molecule has 0 spiro atoms. The van der Waals surface area contributed by atoms with Crippen molar-refractivity contribution >= 4 is 38.9 Å². The van der Waals surface area contributed by atoms with Crippen LogP contribution in [0.5, 0.6) is 11.5 Å². The number of aryl methyl sites for hydroxylation is 1. The lowest BCUT2D eigenvalue weighted by Gasteiger charge is -2.12. The van der Waals surface area contributed by atoms with E-state index in [9.17, 15) is 8.42 Å². The predicted molar refractivity (Wildman–Crippen MR) is 137 cm³/mol. The minimum atomic E-state index is -3.82. The molecule has 0 amide bonds. The number of aromatic nitrogens is 2. The molecule has 0 aliphatic carbocycles. The topological polar surface area (TPSA) is 114 Å².